The van der Waals surface area contributed by atoms with E-state index in [1.54, 1.807) is 11.3 Å². The summed E-state index contributed by atoms with van der Waals surface area (Å²) in [6, 6.07) is 0. The van der Waals surface area contributed by atoms with Crippen LogP contribution in [0.25, 0.3) is 0 Å². The molecule has 0 aromatic heterocycles. The van der Waals surface area contributed by atoms with Gasteiger partial charge in [-0.1, -0.05) is 19.4 Å². The predicted octanol–water partition coefficient (Wildman–Crippen LogP) is 1.04. The molecule has 0 radical (unpaired) electrons. The van der Waals surface area contributed by atoms with Gasteiger partial charge < -0.3 is 0 Å². The fraction of sp³-hybridized carbons (Fsp3) is 0.846. The van der Waals surface area contributed by atoms with Gasteiger partial charge in [-0.25, -0.2) is 23.2 Å². The van der Waals surface area contributed by atoms with Crippen molar-refractivity contribution in [3.63, 3.8) is 0 Å². The average molecular weight is 482 g/mol. The first kappa shape index (κ1) is 25.3. The summed E-state index contributed by atoms with van der Waals surface area (Å²) in [5.41, 5.74) is 4.16. The summed E-state index contributed by atoms with van der Waals surface area (Å²) < 4.78 is 36.7. The molecule has 1 saturated heterocycles. The van der Waals surface area contributed by atoms with Crippen LogP contribution in [0, 0.1) is 44.7 Å². The summed E-state index contributed by atoms with van der Waals surface area (Å²) in [5, 5.41) is 0. The molecule has 0 aromatic carbocycles. The van der Waals surface area contributed by atoms with E-state index in [1.807, 2.05) is 6.92 Å². The second-order valence-corrected chi connectivity index (χ2v) is 12.5. The van der Waals surface area contributed by atoms with Crippen LogP contribution >= 0.6 is 0 Å². The van der Waals surface area contributed by atoms with E-state index in [1.165, 1.54) is 77.3 Å². The third-order valence-electron chi connectivity index (χ3n) is 10.2. The van der Waals surface area contributed by atoms with E-state index >= 15 is 0 Å². The lowest BCUT2D eigenvalue weighted by atomic mass is 9.46. The summed E-state index contributed by atoms with van der Waals surface area (Å²) in [4.78, 5) is 12.3. The Hall–Kier alpha value is -0.790. The van der Waals surface area contributed by atoms with Gasteiger partial charge in [0.2, 0.25) is 0 Å². The van der Waals surface area contributed by atoms with Gasteiger partial charge in [-0.3, -0.25) is 4.79 Å². The largest absolute Gasteiger partial charge is 0.300 e. The van der Waals surface area contributed by atoms with Crippen molar-refractivity contribution < 1.29 is 38.2 Å². The first-order valence-electron chi connectivity index (χ1n) is 12.9. The van der Waals surface area contributed by atoms with Gasteiger partial charge in [0, 0.05) is 31.3 Å². The van der Waals surface area contributed by atoms with Gasteiger partial charge in [-0.2, -0.15) is 0 Å². The lowest BCUT2D eigenvalue weighted by Gasteiger charge is -2.58. The summed E-state index contributed by atoms with van der Waals surface area (Å²) in [7, 11) is -4.94. The maximum Gasteiger partial charge on any atom is 0.175 e. The van der Waals surface area contributed by atoms with Gasteiger partial charge in [0.05, 0.1) is 0 Å². The molecule has 186 valence electrons. The van der Waals surface area contributed by atoms with Crippen LogP contribution in [-0.2, 0) is 4.79 Å². The molecule has 6 unspecified atom stereocenters. The topological polar surface area (TPSA) is 112 Å². The Labute approximate surface area is 200 Å². The van der Waals surface area contributed by atoms with Gasteiger partial charge in [0.25, 0.3) is 0 Å². The van der Waals surface area contributed by atoms with E-state index in [9.17, 15) is 4.79 Å². The molecule has 5 aliphatic rings. The zero-order chi connectivity index (χ0) is 24.0. The van der Waals surface area contributed by atoms with Crippen LogP contribution in [0.15, 0.2) is 11.6 Å². The van der Waals surface area contributed by atoms with Crippen LogP contribution < -0.4 is 18.6 Å². The first-order valence-corrected chi connectivity index (χ1v) is 14.1. The third kappa shape index (κ3) is 4.97. The molecule has 4 fully saturated rings. The van der Waals surface area contributed by atoms with E-state index in [0.29, 0.717) is 22.5 Å². The number of Topliss-reactive ketones (excluding diaryl/α,β-unsaturated/α-hetero) is 1. The van der Waals surface area contributed by atoms with E-state index in [-0.39, 0.29) is 0 Å². The van der Waals surface area contributed by atoms with Gasteiger partial charge in [0.15, 0.2) is 5.71 Å². The number of hydrogen-bond donors (Lipinski definition) is 0. The van der Waals surface area contributed by atoms with E-state index in [4.69, 9.17) is 18.6 Å². The molecular formula is C26H40ClNO5. The molecule has 33 heavy (non-hydrogen) atoms. The number of hydrogen-bond acceptors (Lipinski definition) is 5. The molecule has 0 amide bonds. The van der Waals surface area contributed by atoms with Crippen LogP contribution in [-0.4, -0.2) is 29.2 Å². The van der Waals surface area contributed by atoms with Crippen LogP contribution in [0.5, 0.6) is 0 Å². The van der Waals surface area contributed by atoms with Crippen molar-refractivity contribution >= 4 is 11.5 Å². The van der Waals surface area contributed by atoms with Crippen LogP contribution in [0.4, 0.5) is 0 Å². The standard InChI is InChI=1S/C26H40NO.ClHO4/c1-18(28)22-9-10-23-21-8-7-19-17-20(27-15-5-4-6-16-27)11-13-25(19,2)24(21)12-14-26(22,23)3;2-1(3,4)5/h17,21-24H,4-16H2,1-3H3;(H,2,3,4,5)/q+1;/p-1. The Morgan fingerprint density at radius 2 is 1.61 bits per heavy atom. The lowest BCUT2D eigenvalue weighted by molar-refractivity contribution is -2.00. The summed E-state index contributed by atoms with van der Waals surface area (Å²) in [6.07, 6.45) is 17.3. The minimum atomic E-state index is -4.94. The SMILES string of the molecule is CC(=O)C1CCC2C3CCC4=CC(=[N+]5CCCCC5)CCC4(C)C3CCC12C.[O-][Cl+3]([O-])([O-])[O-]. The number of carbonyl (C=O) groups is 1. The number of ketones is 1. The minimum absolute atomic E-state index is 0.296. The Balaban J connectivity index is 0.000000471. The zero-order valence-electron chi connectivity index (χ0n) is 20.4. The Kier molecular flexibility index (Phi) is 7.17. The number of fused-ring (bicyclic) bond motifs is 5. The van der Waals surface area contributed by atoms with E-state index < -0.39 is 10.2 Å². The van der Waals surface area contributed by atoms with Gasteiger partial charge in [0.1, 0.15) is 18.9 Å². The predicted molar refractivity (Wildman–Crippen MR) is 115 cm³/mol. The number of rotatable bonds is 1. The number of carbonyl (C=O) groups excluding carboxylic acids is 1. The maximum absolute atomic E-state index is 12.3. The molecule has 0 bridgehead atoms. The monoisotopic (exact) mass is 481 g/mol. The molecule has 3 saturated carbocycles. The fourth-order valence-corrected chi connectivity index (χ4v) is 8.67. The number of allylic oxidation sites excluding steroid dienone is 2. The van der Waals surface area contributed by atoms with Crippen molar-refractivity contribution in [2.24, 2.45) is 34.5 Å². The van der Waals surface area contributed by atoms with Crippen molar-refractivity contribution in [2.75, 3.05) is 13.1 Å². The van der Waals surface area contributed by atoms with Gasteiger partial charge >= 0.3 is 0 Å². The Morgan fingerprint density at radius 1 is 0.939 bits per heavy atom. The highest BCUT2D eigenvalue weighted by molar-refractivity contribution is 5.92. The summed E-state index contributed by atoms with van der Waals surface area (Å²) >= 11 is 0. The zero-order valence-corrected chi connectivity index (χ0v) is 21.2. The highest BCUT2D eigenvalue weighted by atomic mass is 35.7. The van der Waals surface area contributed by atoms with Crippen molar-refractivity contribution in [2.45, 2.75) is 91.4 Å². The Bertz CT molecular complexity index is 819. The van der Waals surface area contributed by atoms with Crippen LogP contribution in [0.2, 0.25) is 0 Å². The minimum Gasteiger partial charge on any atom is -0.300 e. The fourth-order valence-electron chi connectivity index (χ4n) is 8.67. The van der Waals surface area contributed by atoms with Gasteiger partial charge in [-0.05, 0) is 86.9 Å². The lowest BCUT2D eigenvalue weighted by Crippen LogP contribution is -2.68. The van der Waals surface area contributed by atoms with Crippen molar-refractivity contribution in [1.29, 1.82) is 0 Å². The first-order chi connectivity index (χ1) is 15.4. The molecule has 5 rings (SSSR count). The molecular weight excluding hydrogens is 442 g/mol. The molecule has 1 aliphatic heterocycles. The van der Waals surface area contributed by atoms with Crippen LogP contribution in [0.1, 0.15) is 91.4 Å². The normalized spacial score (nSPS) is 40.6. The quantitative estimate of drug-likeness (QED) is 0.519. The van der Waals surface area contributed by atoms with Crippen molar-refractivity contribution in [1.82, 2.24) is 0 Å². The third-order valence-corrected chi connectivity index (χ3v) is 10.2. The smallest absolute Gasteiger partial charge is 0.175 e. The van der Waals surface area contributed by atoms with Crippen molar-refractivity contribution in [3.05, 3.63) is 11.6 Å². The number of nitrogens with zero attached hydrogens (tertiary/aromatic N) is 1. The second-order valence-electron chi connectivity index (χ2n) is 11.7. The molecule has 7 heteroatoms. The molecule has 6 atom stereocenters. The number of piperidine rings is 1. The molecule has 0 N–H and O–H groups in total. The molecule has 0 aromatic rings. The molecule has 6 nitrogen and oxygen atoms in total. The van der Waals surface area contributed by atoms with E-state index in [0.717, 1.165) is 24.2 Å². The molecule has 1 heterocycles. The van der Waals surface area contributed by atoms with E-state index in [2.05, 4.69) is 24.5 Å². The average Bonchev–Trinajstić information content (AvgIpc) is 3.10. The maximum atomic E-state index is 12.3. The molecule has 0 spiro atoms. The Morgan fingerprint density at radius 3 is 2.24 bits per heavy atom. The summed E-state index contributed by atoms with van der Waals surface area (Å²) in [6.45, 7) is 9.52. The highest BCUT2D eigenvalue weighted by Crippen LogP contribution is 2.66. The number of halogens is 1. The van der Waals surface area contributed by atoms with Crippen molar-refractivity contribution in [3.8, 4) is 0 Å². The van der Waals surface area contributed by atoms with Gasteiger partial charge in [-0.15, -0.1) is 10.2 Å². The second kappa shape index (κ2) is 9.34. The summed E-state index contributed by atoms with van der Waals surface area (Å²) in [5.74, 6) is 3.32. The molecule has 4 aliphatic carbocycles. The highest BCUT2D eigenvalue weighted by Gasteiger charge is 2.59. The van der Waals surface area contributed by atoms with Crippen LogP contribution in [0.3, 0.4) is 0 Å².